The molecule has 0 heterocycles. The lowest BCUT2D eigenvalue weighted by Gasteiger charge is -2.37. The molecule has 1 fully saturated rings. The molecule has 0 unspecified atom stereocenters. The minimum atomic E-state index is 0.0373. The molecule has 1 saturated carbocycles. The van der Waals surface area contributed by atoms with E-state index in [1.807, 2.05) is 18.2 Å². The van der Waals surface area contributed by atoms with Crippen LogP contribution in [0, 0.1) is 0 Å². The van der Waals surface area contributed by atoms with Crippen molar-refractivity contribution in [3.8, 4) is 5.75 Å². The van der Waals surface area contributed by atoms with Crippen molar-refractivity contribution in [3.05, 3.63) is 42.5 Å². The molecule has 0 aliphatic heterocycles. The van der Waals surface area contributed by atoms with E-state index in [-0.39, 0.29) is 5.54 Å². The molecule has 0 aromatic heterocycles. The van der Waals surface area contributed by atoms with Gasteiger partial charge in [0.05, 0.1) is 7.11 Å². The number of hydrogen-bond acceptors (Lipinski definition) is 3. The van der Waals surface area contributed by atoms with Crippen LogP contribution >= 0.6 is 0 Å². The summed E-state index contributed by atoms with van der Waals surface area (Å²) in [5, 5.41) is 3.65. The van der Waals surface area contributed by atoms with Crippen LogP contribution in [-0.4, -0.2) is 18.4 Å². The van der Waals surface area contributed by atoms with E-state index in [1.54, 1.807) is 7.11 Å². The summed E-state index contributed by atoms with van der Waals surface area (Å²) in [5.41, 5.74) is 1.27. The summed E-state index contributed by atoms with van der Waals surface area (Å²) in [6.45, 7) is 4.67. The third kappa shape index (κ3) is 3.70. The Morgan fingerprint density at radius 2 is 1.95 bits per heavy atom. The second-order valence-corrected chi connectivity index (χ2v) is 5.51. The number of Topliss-reactive ketones (excluding diaryl/α,β-unsaturated/α-hetero) is 1. The quantitative estimate of drug-likeness (QED) is 0.809. The summed E-state index contributed by atoms with van der Waals surface area (Å²) in [4.78, 5) is 11.4. The minimum Gasteiger partial charge on any atom is -0.497 e. The Hall–Kier alpha value is -1.61. The summed E-state index contributed by atoms with van der Waals surface area (Å²) in [6, 6.07) is 8.09. The molecular weight excluding hydrogens is 250 g/mol. The molecule has 2 rings (SSSR count). The highest BCUT2D eigenvalue weighted by molar-refractivity contribution is 5.79. The molecule has 1 aliphatic rings. The molecule has 0 atom stereocenters. The van der Waals surface area contributed by atoms with Gasteiger partial charge in [0.25, 0.3) is 0 Å². The zero-order valence-electron chi connectivity index (χ0n) is 12.2. The van der Waals surface area contributed by atoms with Gasteiger partial charge < -0.3 is 10.1 Å². The van der Waals surface area contributed by atoms with Crippen LogP contribution in [0.25, 0.3) is 0 Å². The van der Waals surface area contributed by atoms with Gasteiger partial charge >= 0.3 is 0 Å². The van der Waals surface area contributed by atoms with Crippen LogP contribution in [0.5, 0.6) is 5.75 Å². The third-order valence-corrected chi connectivity index (χ3v) is 4.13. The molecule has 20 heavy (non-hydrogen) atoms. The fourth-order valence-electron chi connectivity index (χ4n) is 2.77. The van der Waals surface area contributed by atoms with Crippen molar-refractivity contribution in [1.82, 2.24) is 5.32 Å². The van der Waals surface area contributed by atoms with Gasteiger partial charge in [0, 0.05) is 24.9 Å². The lowest BCUT2D eigenvalue weighted by atomic mass is 9.78. The van der Waals surface area contributed by atoms with E-state index < -0.39 is 0 Å². The number of rotatable bonds is 6. The maximum Gasteiger partial charge on any atom is 0.133 e. The van der Waals surface area contributed by atoms with Crippen molar-refractivity contribution in [2.75, 3.05) is 7.11 Å². The molecule has 0 bridgehead atoms. The van der Waals surface area contributed by atoms with Crippen LogP contribution in [-0.2, 0) is 11.3 Å². The average Bonchev–Trinajstić information content (AvgIpc) is 2.49. The van der Waals surface area contributed by atoms with Gasteiger partial charge in [-0.2, -0.15) is 0 Å². The first-order chi connectivity index (χ1) is 9.67. The standard InChI is InChI=1S/C17H23NO2/c1-3-10-17(11-8-15(19)9-12-17)18-13-14-4-6-16(20-2)7-5-14/h3-7,18H,1,8-13H2,2H3. The number of nitrogens with one attached hydrogen (secondary N) is 1. The van der Waals surface area contributed by atoms with Crippen molar-refractivity contribution in [2.24, 2.45) is 0 Å². The number of carbonyl (C=O) groups is 1. The van der Waals surface area contributed by atoms with Gasteiger partial charge in [-0.1, -0.05) is 18.2 Å². The fraction of sp³-hybridized carbons (Fsp3) is 0.471. The molecule has 1 aromatic carbocycles. The highest BCUT2D eigenvalue weighted by Gasteiger charge is 2.32. The van der Waals surface area contributed by atoms with Gasteiger partial charge in [0.15, 0.2) is 0 Å². The van der Waals surface area contributed by atoms with Crippen LogP contribution in [0.2, 0.25) is 0 Å². The van der Waals surface area contributed by atoms with E-state index in [0.29, 0.717) is 18.6 Å². The highest BCUT2D eigenvalue weighted by atomic mass is 16.5. The Balaban J connectivity index is 1.97. The molecule has 1 N–H and O–H groups in total. The van der Waals surface area contributed by atoms with Gasteiger partial charge in [-0.25, -0.2) is 0 Å². The van der Waals surface area contributed by atoms with E-state index in [2.05, 4.69) is 24.0 Å². The van der Waals surface area contributed by atoms with Crippen LogP contribution < -0.4 is 10.1 Å². The largest absolute Gasteiger partial charge is 0.497 e. The zero-order chi connectivity index (χ0) is 14.4. The SMILES string of the molecule is C=CCC1(NCc2ccc(OC)cc2)CCC(=O)CC1. The van der Waals surface area contributed by atoms with Crippen LogP contribution in [0.1, 0.15) is 37.7 Å². The Morgan fingerprint density at radius 1 is 1.30 bits per heavy atom. The van der Waals surface area contributed by atoms with Crippen LogP contribution in [0.15, 0.2) is 36.9 Å². The van der Waals surface area contributed by atoms with E-state index in [0.717, 1.165) is 31.6 Å². The molecular formula is C17H23NO2. The van der Waals surface area contributed by atoms with E-state index in [1.165, 1.54) is 5.56 Å². The van der Waals surface area contributed by atoms with E-state index in [9.17, 15) is 4.79 Å². The summed E-state index contributed by atoms with van der Waals surface area (Å²) < 4.78 is 5.16. The van der Waals surface area contributed by atoms with Gasteiger partial charge in [0.1, 0.15) is 11.5 Å². The van der Waals surface area contributed by atoms with Crippen molar-refractivity contribution in [2.45, 2.75) is 44.2 Å². The second-order valence-electron chi connectivity index (χ2n) is 5.51. The van der Waals surface area contributed by atoms with Crippen LogP contribution in [0.4, 0.5) is 0 Å². The Bertz CT molecular complexity index is 454. The predicted octanol–water partition coefficient (Wildman–Crippen LogP) is 3.24. The minimum absolute atomic E-state index is 0.0373. The molecule has 108 valence electrons. The number of methoxy groups -OCH3 is 1. The monoisotopic (exact) mass is 273 g/mol. The first-order valence-electron chi connectivity index (χ1n) is 7.18. The summed E-state index contributed by atoms with van der Waals surface area (Å²) >= 11 is 0. The average molecular weight is 273 g/mol. The molecule has 0 spiro atoms. The molecule has 0 radical (unpaired) electrons. The highest BCUT2D eigenvalue weighted by Crippen LogP contribution is 2.30. The van der Waals surface area contributed by atoms with E-state index >= 15 is 0 Å². The summed E-state index contributed by atoms with van der Waals surface area (Å²) in [5.74, 6) is 1.26. The number of carbonyl (C=O) groups excluding carboxylic acids is 1. The molecule has 0 amide bonds. The van der Waals surface area contributed by atoms with Gasteiger partial charge in [-0.15, -0.1) is 6.58 Å². The Kier molecular flexibility index (Phi) is 4.96. The molecule has 1 aliphatic carbocycles. The number of ketones is 1. The molecule has 3 heteroatoms. The summed E-state index contributed by atoms with van der Waals surface area (Å²) in [6.07, 6.45) is 6.06. The molecule has 1 aromatic rings. The van der Waals surface area contributed by atoms with Crippen molar-refractivity contribution in [3.63, 3.8) is 0 Å². The fourth-order valence-corrected chi connectivity index (χ4v) is 2.77. The Labute approximate surface area is 121 Å². The molecule has 0 saturated heterocycles. The normalized spacial score (nSPS) is 17.8. The van der Waals surface area contributed by atoms with Crippen LogP contribution in [0.3, 0.4) is 0 Å². The van der Waals surface area contributed by atoms with Crippen molar-refractivity contribution < 1.29 is 9.53 Å². The molecule has 3 nitrogen and oxygen atoms in total. The Morgan fingerprint density at radius 3 is 2.50 bits per heavy atom. The number of benzene rings is 1. The maximum absolute atomic E-state index is 11.4. The predicted molar refractivity (Wildman–Crippen MR) is 80.9 cm³/mol. The van der Waals surface area contributed by atoms with Crippen molar-refractivity contribution in [1.29, 1.82) is 0 Å². The maximum atomic E-state index is 11.4. The zero-order valence-corrected chi connectivity index (χ0v) is 12.2. The van der Waals surface area contributed by atoms with Gasteiger partial charge in [0.2, 0.25) is 0 Å². The number of ether oxygens (including phenoxy) is 1. The first kappa shape index (κ1) is 14.8. The topological polar surface area (TPSA) is 38.3 Å². The lowest BCUT2D eigenvalue weighted by molar-refractivity contribution is -0.121. The third-order valence-electron chi connectivity index (χ3n) is 4.13. The van der Waals surface area contributed by atoms with Crippen molar-refractivity contribution >= 4 is 5.78 Å². The summed E-state index contributed by atoms with van der Waals surface area (Å²) in [7, 11) is 1.67. The first-order valence-corrected chi connectivity index (χ1v) is 7.18. The van der Waals surface area contributed by atoms with Gasteiger partial charge in [-0.05, 0) is 37.0 Å². The van der Waals surface area contributed by atoms with Gasteiger partial charge in [-0.3, -0.25) is 4.79 Å². The lowest BCUT2D eigenvalue weighted by Crippen LogP contribution is -2.47. The second kappa shape index (κ2) is 6.71. The smallest absolute Gasteiger partial charge is 0.133 e. The van der Waals surface area contributed by atoms with E-state index in [4.69, 9.17) is 4.74 Å². The number of hydrogen-bond donors (Lipinski definition) is 1.